The van der Waals surface area contributed by atoms with Gasteiger partial charge in [0.15, 0.2) is 4.80 Å². The summed E-state index contributed by atoms with van der Waals surface area (Å²) in [5.74, 6) is 3.27. The number of carbonyl (C=O) groups is 1. The first kappa shape index (κ1) is 14.4. The Bertz CT molecular complexity index is 734. The molecule has 4 nitrogen and oxygen atoms in total. The molecule has 0 aliphatic heterocycles. The van der Waals surface area contributed by atoms with Crippen molar-refractivity contribution in [1.82, 2.24) is 4.57 Å². The standard InChI is InChI=1S/C15H16N2O2S/c1-4-6-14(18)16-15-17(9-5-2)12-8-7-11(19-3)10-13(12)20-15/h2,7-8,10H,4,6,9H2,1,3H3. The molecule has 0 bridgehead atoms. The largest absolute Gasteiger partial charge is 0.497 e. The van der Waals surface area contributed by atoms with Gasteiger partial charge < -0.3 is 9.30 Å². The number of amides is 1. The Hall–Kier alpha value is -2.06. The van der Waals surface area contributed by atoms with E-state index in [1.54, 1.807) is 7.11 Å². The van der Waals surface area contributed by atoms with E-state index in [0.29, 0.717) is 17.8 Å². The average molecular weight is 288 g/mol. The molecule has 0 spiro atoms. The minimum absolute atomic E-state index is 0.114. The van der Waals surface area contributed by atoms with E-state index < -0.39 is 0 Å². The van der Waals surface area contributed by atoms with Crippen LogP contribution in [0.1, 0.15) is 19.8 Å². The van der Waals surface area contributed by atoms with E-state index in [9.17, 15) is 4.79 Å². The van der Waals surface area contributed by atoms with Gasteiger partial charge in [0.1, 0.15) is 5.75 Å². The lowest BCUT2D eigenvalue weighted by Crippen LogP contribution is -2.16. The highest BCUT2D eigenvalue weighted by Gasteiger charge is 2.08. The third kappa shape index (κ3) is 2.91. The van der Waals surface area contributed by atoms with E-state index in [-0.39, 0.29) is 5.91 Å². The number of hydrogen-bond donors (Lipinski definition) is 0. The Morgan fingerprint density at radius 3 is 3.00 bits per heavy atom. The number of ether oxygens (including phenoxy) is 1. The van der Waals surface area contributed by atoms with Gasteiger partial charge in [0, 0.05) is 6.42 Å². The molecule has 2 aromatic rings. The van der Waals surface area contributed by atoms with E-state index in [2.05, 4.69) is 10.9 Å². The number of aromatic nitrogens is 1. The molecule has 0 aliphatic carbocycles. The molecule has 2 rings (SSSR count). The molecule has 1 amide bonds. The summed E-state index contributed by atoms with van der Waals surface area (Å²) in [6.07, 6.45) is 6.65. The number of carbonyl (C=O) groups excluding carboxylic acids is 1. The lowest BCUT2D eigenvalue weighted by atomic mass is 10.3. The third-order valence-corrected chi connectivity index (χ3v) is 3.86. The van der Waals surface area contributed by atoms with E-state index in [1.165, 1.54) is 11.3 Å². The molecule has 0 saturated carbocycles. The lowest BCUT2D eigenvalue weighted by Gasteiger charge is -2.01. The molecule has 5 heteroatoms. The summed E-state index contributed by atoms with van der Waals surface area (Å²) in [7, 11) is 1.63. The highest BCUT2D eigenvalue weighted by molar-refractivity contribution is 7.16. The Labute approximate surface area is 121 Å². The number of methoxy groups -OCH3 is 1. The Kier molecular flexibility index (Phi) is 4.59. The van der Waals surface area contributed by atoms with Crippen LogP contribution < -0.4 is 9.54 Å². The zero-order valence-corrected chi connectivity index (χ0v) is 12.4. The van der Waals surface area contributed by atoms with Crippen LogP contribution in [0.25, 0.3) is 10.2 Å². The van der Waals surface area contributed by atoms with E-state index >= 15 is 0 Å². The molecular formula is C15H16N2O2S. The van der Waals surface area contributed by atoms with Crippen molar-refractivity contribution in [1.29, 1.82) is 0 Å². The molecule has 20 heavy (non-hydrogen) atoms. The van der Waals surface area contributed by atoms with Gasteiger partial charge >= 0.3 is 0 Å². The van der Waals surface area contributed by atoms with Gasteiger partial charge in [0.25, 0.3) is 0 Å². The van der Waals surface area contributed by atoms with Gasteiger partial charge in [-0.15, -0.1) is 6.42 Å². The van der Waals surface area contributed by atoms with Gasteiger partial charge in [-0.05, 0) is 24.6 Å². The maximum Gasteiger partial charge on any atom is 0.248 e. The SMILES string of the molecule is C#CCn1c(=NC(=O)CCC)sc2cc(OC)ccc21. The summed E-state index contributed by atoms with van der Waals surface area (Å²) in [5.41, 5.74) is 0.969. The fraction of sp³-hybridized carbons (Fsp3) is 0.333. The minimum Gasteiger partial charge on any atom is -0.497 e. The molecular weight excluding hydrogens is 272 g/mol. The summed E-state index contributed by atoms with van der Waals surface area (Å²) in [4.78, 5) is 16.5. The lowest BCUT2D eigenvalue weighted by molar-refractivity contribution is -0.118. The van der Waals surface area contributed by atoms with Crippen molar-refractivity contribution in [2.75, 3.05) is 7.11 Å². The normalized spacial score (nSPS) is 11.6. The Morgan fingerprint density at radius 2 is 2.35 bits per heavy atom. The monoisotopic (exact) mass is 288 g/mol. The fourth-order valence-corrected chi connectivity index (χ4v) is 2.96. The number of hydrogen-bond acceptors (Lipinski definition) is 3. The predicted molar refractivity (Wildman–Crippen MR) is 80.7 cm³/mol. The maximum atomic E-state index is 11.7. The summed E-state index contributed by atoms with van der Waals surface area (Å²) < 4.78 is 8.09. The van der Waals surface area contributed by atoms with Gasteiger partial charge in [-0.2, -0.15) is 4.99 Å². The first-order valence-corrected chi connectivity index (χ1v) is 7.19. The first-order chi connectivity index (χ1) is 9.69. The topological polar surface area (TPSA) is 43.6 Å². The molecule has 0 fully saturated rings. The molecule has 0 radical (unpaired) electrons. The zero-order chi connectivity index (χ0) is 14.5. The predicted octanol–water partition coefficient (Wildman–Crippen LogP) is 2.57. The second kappa shape index (κ2) is 6.40. The molecule has 0 saturated heterocycles. The first-order valence-electron chi connectivity index (χ1n) is 6.38. The van der Waals surface area contributed by atoms with Crippen LogP contribution in [0.2, 0.25) is 0 Å². The van der Waals surface area contributed by atoms with Crippen molar-refractivity contribution in [3.05, 3.63) is 23.0 Å². The molecule has 0 N–H and O–H groups in total. The molecule has 1 aromatic heterocycles. The third-order valence-electron chi connectivity index (χ3n) is 2.82. The van der Waals surface area contributed by atoms with Crippen LogP contribution >= 0.6 is 11.3 Å². The summed E-state index contributed by atoms with van der Waals surface area (Å²) in [6.45, 7) is 2.35. The van der Waals surface area contributed by atoms with Crippen LogP contribution in [0.4, 0.5) is 0 Å². The molecule has 104 valence electrons. The van der Waals surface area contributed by atoms with Crippen LogP contribution in [-0.4, -0.2) is 17.6 Å². The Balaban J connectivity index is 2.61. The molecule has 0 aliphatic rings. The average Bonchev–Trinajstić information content (AvgIpc) is 2.76. The zero-order valence-electron chi connectivity index (χ0n) is 11.5. The quantitative estimate of drug-likeness (QED) is 0.812. The van der Waals surface area contributed by atoms with Crippen molar-refractivity contribution in [2.24, 2.45) is 4.99 Å². The van der Waals surface area contributed by atoms with Gasteiger partial charge in [-0.25, -0.2) is 0 Å². The van der Waals surface area contributed by atoms with Gasteiger partial charge in [0.05, 0.1) is 23.9 Å². The van der Waals surface area contributed by atoms with Crippen molar-refractivity contribution < 1.29 is 9.53 Å². The van der Waals surface area contributed by atoms with Crippen molar-refractivity contribution >= 4 is 27.5 Å². The molecule has 0 unspecified atom stereocenters. The van der Waals surface area contributed by atoms with Crippen LogP contribution in [0.15, 0.2) is 23.2 Å². The summed E-state index contributed by atoms with van der Waals surface area (Å²) in [5, 5.41) is 0. The molecule has 1 aromatic carbocycles. The van der Waals surface area contributed by atoms with Gasteiger partial charge in [-0.3, -0.25) is 4.79 Å². The van der Waals surface area contributed by atoms with E-state index in [4.69, 9.17) is 11.2 Å². The van der Waals surface area contributed by atoms with E-state index in [1.807, 2.05) is 29.7 Å². The van der Waals surface area contributed by atoms with Gasteiger partial charge in [0.2, 0.25) is 5.91 Å². The molecule has 0 atom stereocenters. The smallest absolute Gasteiger partial charge is 0.248 e. The maximum absolute atomic E-state index is 11.7. The number of nitrogens with zero attached hydrogens (tertiary/aromatic N) is 2. The minimum atomic E-state index is -0.114. The highest BCUT2D eigenvalue weighted by Crippen LogP contribution is 2.23. The number of rotatable bonds is 4. The second-order valence-electron chi connectivity index (χ2n) is 4.26. The van der Waals surface area contributed by atoms with Crippen LogP contribution in [0.3, 0.4) is 0 Å². The van der Waals surface area contributed by atoms with Crippen LogP contribution in [0, 0.1) is 12.3 Å². The number of terminal acetylenes is 1. The number of benzene rings is 1. The van der Waals surface area contributed by atoms with Crippen LogP contribution in [-0.2, 0) is 11.3 Å². The fourth-order valence-electron chi connectivity index (χ4n) is 1.89. The van der Waals surface area contributed by atoms with Crippen LogP contribution in [0.5, 0.6) is 5.75 Å². The van der Waals surface area contributed by atoms with Crippen molar-refractivity contribution in [3.8, 4) is 18.1 Å². The summed E-state index contributed by atoms with van der Waals surface area (Å²) in [6, 6.07) is 5.74. The second-order valence-corrected chi connectivity index (χ2v) is 5.27. The van der Waals surface area contributed by atoms with Gasteiger partial charge in [-0.1, -0.05) is 24.2 Å². The number of thiazole rings is 1. The van der Waals surface area contributed by atoms with E-state index in [0.717, 1.165) is 22.4 Å². The Morgan fingerprint density at radius 1 is 1.55 bits per heavy atom. The molecule has 1 heterocycles. The highest BCUT2D eigenvalue weighted by atomic mass is 32.1. The summed E-state index contributed by atoms with van der Waals surface area (Å²) >= 11 is 1.45. The van der Waals surface area contributed by atoms with Crippen molar-refractivity contribution in [2.45, 2.75) is 26.3 Å². The number of fused-ring (bicyclic) bond motifs is 1. The van der Waals surface area contributed by atoms with Crippen molar-refractivity contribution in [3.63, 3.8) is 0 Å².